The molecule has 66 valence electrons. The van der Waals surface area contributed by atoms with Gasteiger partial charge in [-0.05, 0) is 6.42 Å². The van der Waals surface area contributed by atoms with E-state index in [1.165, 1.54) is 0 Å². The first-order chi connectivity index (χ1) is 5.31. The van der Waals surface area contributed by atoms with Gasteiger partial charge in [-0.2, -0.15) is 0 Å². The first kappa shape index (κ1) is 10.2. The number of amides is 2. The summed E-state index contributed by atoms with van der Waals surface area (Å²) in [5.41, 5.74) is 0. The highest BCUT2D eigenvalue weighted by molar-refractivity contribution is 5.73. The van der Waals surface area contributed by atoms with Crippen LogP contribution < -0.4 is 10.6 Å². The Balaban J connectivity index is 2.95. The van der Waals surface area contributed by atoms with Crippen LogP contribution in [0.15, 0.2) is 0 Å². The summed E-state index contributed by atoms with van der Waals surface area (Å²) in [4.78, 5) is 10.5. The van der Waals surface area contributed by atoms with Crippen LogP contribution in [0.25, 0.3) is 0 Å². The third kappa shape index (κ3) is 7.12. The highest BCUT2D eigenvalue weighted by Gasteiger charge is 1.92. The lowest BCUT2D eigenvalue weighted by Crippen LogP contribution is -2.34. The van der Waals surface area contributed by atoms with Gasteiger partial charge in [-0.25, -0.2) is 4.79 Å². The number of rotatable bonds is 5. The van der Waals surface area contributed by atoms with Gasteiger partial charge in [0.2, 0.25) is 0 Å². The van der Waals surface area contributed by atoms with E-state index in [1.54, 1.807) is 7.05 Å². The molecule has 0 aliphatic heterocycles. The monoisotopic (exact) mass is 160 g/mol. The Morgan fingerprint density at radius 1 is 1.55 bits per heavy atom. The smallest absolute Gasteiger partial charge is 0.316 e. The Morgan fingerprint density at radius 2 is 2.27 bits per heavy atom. The quantitative estimate of drug-likeness (QED) is 0.459. The standard InChI is InChI=1S/C7H16N2O2/c1-3-4-5-11-6-9-7(10)8-2/h3-6H2,1-2H3,(H2,8,9,10). The van der Waals surface area contributed by atoms with Crippen molar-refractivity contribution < 1.29 is 9.53 Å². The van der Waals surface area contributed by atoms with E-state index in [-0.39, 0.29) is 6.03 Å². The molecule has 0 saturated carbocycles. The van der Waals surface area contributed by atoms with Crippen LogP contribution in [0.5, 0.6) is 0 Å². The number of ether oxygens (including phenoxy) is 1. The largest absolute Gasteiger partial charge is 0.361 e. The lowest BCUT2D eigenvalue weighted by molar-refractivity contribution is 0.118. The zero-order valence-electron chi connectivity index (χ0n) is 7.14. The minimum Gasteiger partial charge on any atom is -0.361 e. The van der Waals surface area contributed by atoms with E-state index < -0.39 is 0 Å². The van der Waals surface area contributed by atoms with Crippen molar-refractivity contribution in [1.82, 2.24) is 10.6 Å². The summed E-state index contributed by atoms with van der Waals surface area (Å²) in [6.07, 6.45) is 2.15. The Kier molecular flexibility index (Phi) is 6.82. The predicted molar refractivity (Wildman–Crippen MR) is 43.3 cm³/mol. The molecule has 0 fully saturated rings. The van der Waals surface area contributed by atoms with Gasteiger partial charge in [-0.15, -0.1) is 0 Å². The molecule has 0 bridgehead atoms. The van der Waals surface area contributed by atoms with Crippen LogP contribution in [-0.4, -0.2) is 26.4 Å². The Hall–Kier alpha value is -0.770. The molecule has 2 N–H and O–H groups in total. The Bertz CT molecular complexity index is 107. The number of hydrogen-bond acceptors (Lipinski definition) is 2. The van der Waals surface area contributed by atoms with Crippen LogP contribution in [0.3, 0.4) is 0 Å². The molecule has 0 spiro atoms. The zero-order valence-corrected chi connectivity index (χ0v) is 7.14. The minimum atomic E-state index is -0.207. The number of carbonyl (C=O) groups excluding carboxylic acids is 1. The van der Waals surface area contributed by atoms with Gasteiger partial charge in [0.25, 0.3) is 0 Å². The third-order valence-electron chi connectivity index (χ3n) is 1.20. The van der Waals surface area contributed by atoms with Crippen molar-refractivity contribution in [3.8, 4) is 0 Å². The molecule has 0 aliphatic carbocycles. The molecule has 4 heteroatoms. The number of urea groups is 1. The van der Waals surface area contributed by atoms with Gasteiger partial charge in [-0.1, -0.05) is 13.3 Å². The van der Waals surface area contributed by atoms with Gasteiger partial charge in [0.05, 0.1) is 0 Å². The van der Waals surface area contributed by atoms with Crippen molar-refractivity contribution in [1.29, 1.82) is 0 Å². The van der Waals surface area contributed by atoms with E-state index in [9.17, 15) is 4.79 Å². The maximum absolute atomic E-state index is 10.5. The summed E-state index contributed by atoms with van der Waals surface area (Å²) in [6.45, 7) is 3.09. The summed E-state index contributed by atoms with van der Waals surface area (Å²) in [5.74, 6) is 0. The van der Waals surface area contributed by atoms with Gasteiger partial charge in [-0.3, -0.25) is 0 Å². The Morgan fingerprint density at radius 3 is 2.82 bits per heavy atom. The first-order valence-electron chi connectivity index (χ1n) is 3.84. The molecule has 0 unspecified atom stereocenters. The maximum Gasteiger partial charge on any atom is 0.316 e. The fourth-order valence-corrected chi connectivity index (χ4v) is 0.524. The summed E-state index contributed by atoms with van der Waals surface area (Å²) in [6, 6.07) is -0.207. The van der Waals surface area contributed by atoms with Crippen LogP contribution in [0.2, 0.25) is 0 Å². The number of hydrogen-bond donors (Lipinski definition) is 2. The first-order valence-corrected chi connectivity index (χ1v) is 3.84. The van der Waals surface area contributed by atoms with Gasteiger partial charge in [0, 0.05) is 13.7 Å². The molecule has 11 heavy (non-hydrogen) atoms. The van der Waals surface area contributed by atoms with E-state index in [2.05, 4.69) is 17.6 Å². The molecule has 0 aromatic heterocycles. The normalized spacial score (nSPS) is 9.27. The zero-order chi connectivity index (χ0) is 8.53. The SMILES string of the molecule is CCCCOCNC(=O)NC. The van der Waals surface area contributed by atoms with Crippen molar-refractivity contribution in [2.24, 2.45) is 0 Å². The van der Waals surface area contributed by atoms with E-state index in [1.807, 2.05) is 0 Å². The van der Waals surface area contributed by atoms with E-state index in [4.69, 9.17) is 4.74 Å². The molecule has 0 heterocycles. The summed E-state index contributed by atoms with van der Waals surface area (Å²) in [7, 11) is 1.57. The fourth-order valence-electron chi connectivity index (χ4n) is 0.524. The highest BCUT2D eigenvalue weighted by Crippen LogP contribution is 1.85. The second-order valence-corrected chi connectivity index (χ2v) is 2.16. The number of nitrogens with one attached hydrogen (secondary N) is 2. The van der Waals surface area contributed by atoms with Gasteiger partial charge >= 0.3 is 6.03 Å². The minimum absolute atomic E-state index is 0.207. The van der Waals surface area contributed by atoms with Crippen molar-refractivity contribution in [3.05, 3.63) is 0 Å². The molecule has 0 saturated heterocycles. The lowest BCUT2D eigenvalue weighted by Gasteiger charge is -2.04. The molecule has 0 atom stereocenters. The molecule has 0 rings (SSSR count). The van der Waals surface area contributed by atoms with Crippen LogP contribution in [0, 0.1) is 0 Å². The van der Waals surface area contributed by atoms with Gasteiger partial charge in [0.1, 0.15) is 6.73 Å². The number of unbranched alkanes of at least 4 members (excludes halogenated alkanes) is 1. The fraction of sp³-hybridized carbons (Fsp3) is 0.857. The predicted octanol–water partition coefficient (Wildman–Crippen LogP) is 0.690. The topological polar surface area (TPSA) is 50.4 Å². The van der Waals surface area contributed by atoms with Crippen molar-refractivity contribution in [2.75, 3.05) is 20.4 Å². The highest BCUT2D eigenvalue weighted by atomic mass is 16.5. The average molecular weight is 160 g/mol. The van der Waals surface area contributed by atoms with E-state index >= 15 is 0 Å². The van der Waals surface area contributed by atoms with Crippen molar-refractivity contribution in [2.45, 2.75) is 19.8 Å². The van der Waals surface area contributed by atoms with E-state index in [0.29, 0.717) is 13.3 Å². The molecular formula is C7H16N2O2. The average Bonchev–Trinajstić information content (AvgIpc) is 2.04. The van der Waals surface area contributed by atoms with Gasteiger partial charge in [0.15, 0.2) is 0 Å². The van der Waals surface area contributed by atoms with Crippen molar-refractivity contribution in [3.63, 3.8) is 0 Å². The third-order valence-corrected chi connectivity index (χ3v) is 1.20. The number of carbonyl (C=O) groups is 1. The summed E-state index contributed by atoms with van der Waals surface area (Å²) >= 11 is 0. The van der Waals surface area contributed by atoms with Crippen LogP contribution in [-0.2, 0) is 4.74 Å². The van der Waals surface area contributed by atoms with Gasteiger partial charge < -0.3 is 15.4 Å². The second kappa shape index (κ2) is 7.34. The maximum atomic E-state index is 10.5. The van der Waals surface area contributed by atoms with E-state index in [0.717, 1.165) is 12.8 Å². The molecule has 0 radical (unpaired) electrons. The second-order valence-electron chi connectivity index (χ2n) is 2.16. The summed E-state index contributed by atoms with van der Waals surface area (Å²) < 4.78 is 5.07. The molecule has 0 aromatic carbocycles. The van der Waals surface area contributed by atoms with Crippen LogP contribution in [0.4, 0.5) is 4.79 Å². The summed E-state index contributed by atoms with van der Waals surface area (Å²) in [5, 5.41) is 4.94. The van der Waals surface area contributed by atoms with Crippen molar-refractivity contribution >= 4 is 6.03 Å². The Labute approximate surface area is 67.3 Å². The van der Waals surface area contributed by atoms with Crippen LogP contribution in [0.1, 0.15) is 19.8 Å². The lowest BCUT2D eigenvalue weighted by atomic mass is 10.4. The molecule has 2 amide bonds. The molecule has 0 aliphatic rings. The molecule has 0 aromatic rings. The molecular weight excluding hydrogens is 144 g/mol. The van der Waals surface area contributed by atoms with Crippen LogP contribution >= 0.6 is 0 Å². The molecule has 4 nitrogen and oxygen atoms in total.